The van der Waals surface area contributed by atoms with E-state index in [1.807, 2.05) is 52.2 Å². The Hall–Kier alpha value is -3.23. The zero-order chi connectivity index (χ0) is 18.0. The van der Waals surface area contributed by atoms with E-state index in [1.165, 1.54) is 0 Å². The summed E-state index contributed by atoms with van der Waals surface area (Å²) in [7, 11) is 1.84. The second-order valence-corrected chi connectivity index (χ2v) is 5.91. The summed E-state index contributed by atoms with van der Waals surface area (Å²) in [5, 5.41) is 21.4. The summed E-state index contributed by atoms with van der Waals surface area (Å²) in [6.07, 6.45) is 3.60. The number of aryl methyl sites for hydroxylation is 3. The topological polar surface area (TPSA) is 103 Å². The molecule has 0 aliphatic rings. The summed E-state index contributed by atoms with van der Waals surface area (Å²) in [5.41, 5.74) is 3.42. The molecule has 0 fully saturated rings. The summed E-state index contributed by atoms with van der Waals surface area (Å²) in [5.74, 6) is 0.676. The standard InChI is InChI=1S/C16H20N8O/c1-10-5-6-14(7-15(10)24-12(3)20-21-22-24)19-16(25)18-11(2)13-8-17-23(4)9-13/h5-9,11H,1-4H3,(H2,18,19,25)/t11-/m0/s1. The Morgan fingerprint density at radius 3 is 2.72 bits per heavy atom. The van der Waals surface area contributed by atoms with E-state index < -0.39 is 0 Å². The van der Waals surface area contributed by atoms with E-state index in [0.717, 1.165) is 16.8 Å². The summed E-state index contributed by atoms with van der Waals surface area (Å²) in [4.78, 5) is 12.3. The monoisotopic (exact) mass is 340 g/mol. The minimum atomic E-state index is -0.292. The van der Waals surface area contributed by atoms with Crippen LogP contribution in [0.4, 0.5) is 10.5 Å². The van der Waals surface area contributed by atoms with E-state index in [9.17, 15) is 4.79 Å². The molecule has 0 saturated carbocycles. The lowest BCUT2D eigenvalue weighted by Crippen LogP contribution is -2.31. The highest BCUT2D eigenvalue weighted by atomic mass is 16.2. The number of amides is 2. The molecule has 0 aliphatic heterocycles. The van der Waals surface area contributed by atoms with E-state index in [4.69, 9.17) is 0 Å². The molecule has 1 aromatic carbocycles. The number of nitrogens with zero attached hydrogens (tertiary/aromatic N) is 6. The van der Waals surface area contributed by atoms with Crippen molar-refractivity contribution >= 4 is 11.7 Å². The smallest absolute Gasteiger partial charge is 0.319 e. The molecule has 2 N–H and O–H groups in total. The van der Waals surface area contributed by atoms with Gasteiger partial charge in [-0.2, -0.15) is 9.78 Å². The third kappa shape index (κ3) is 3.65. The first kappa shape index (κ1) is 16.6. The molecule has 1 atom stereocenters. The van der Waals surface area contributed by atoms with Gasteiger partial charge in [-0.05, 0) is 48.9 Å². The number of hydrogen-bond donors (Lipinski definition) is 2. The molecule has 0 bridgehead atoms. The number of hydrogen-bond acceptors (Lipinski definition) is 5. The molecule has 9 nitrogen and oxygen atoms in total. The number of benzene rings is 1. The third-order valence-corrected chi connectivity index (χ3v) is 3.89. The van der Waals surface area contributed by atoms with Crippen molar-refractivity contribution in [1.29, 1.82) is 0 Å². The van der Waals surface area contributed by atoms with Gasteiger partial charge in [0.05, 0.1) is 17.9 Å². The van der Waals surface area contributed by atoms with E-state index in [-0.39, 0.29) is 12.1 Å². The molecule has 0 aliphatic carbocycles. The minimum absolute atomic E-state index is 0.152. The maximum atomic E-state index is 12.3. The van der Waals surface area contributed by atoms with Crippen LogP contribution >= 0.6 is 0 Å². The lowest BCUT2D eigenvalue weighted by Gasteiger charge is -2.14. The highest BCUT2D eigenvalue weighted by molar-refractivity contribution is 5.89. The number of aromatic nitrogens is 6. The van der Waals surface area contributed by atoms with Gasteiger partial charge in [0.15, 0.2) is 5.82 Å². The van der Waals surface area contributed by atoms with Gasteiger partial charge >= 0.3 is 6.03 Å². The number of carbonyl (C=O) groups excluding carboxylic acids is 1. The average Bonchev–Trinajstić information content (AvgIpc) is 3.17. The molecular weight excluding hydrogens is 320 g/mol. The number of anilines is 1. The number of tetrazole rings is 1. The normalized spacial score (nSPS) is 12.0. The average molecular weight is 340 g/mol. The quantitative estimate of drug-likeness (QED) is 0.755. The van der Waals surface area contributed by atoms with Crippen molar-refractivity contribution in [3.05, 3.63) is 47.5 Å². The van der Waals surface area contributed by atoms with Gasteiger partial charge in [-0.3, -0.25) is 4.68 Å². The number of nitrogens with one attached hydrogen (secondary N) is 2. The SMILES string of the molecule is Cc1ccc(NC(=O)N[C@@H](C)c2cnn(C)c2)cc1-n1nnnc1C. The van der Waals surface area contributed by atoms with Gasteiger partial charge in [0.25, 0.3) is 0 Å². The lowest BCUT2D eigenvalue weighted by molar-refractivity contribution is 0.249. The van der Waals surface area contributed by atoms with Crippen molar-refractivity contribution in [3.63, 3.8) is 0 Å². The maximum absolute atomic E-state index is 12.3. The van der Waals surface area contributed by atoms with Crippen LogP contribution in [0.1, 0.15) is 29.9 Å². The molecule has 3 rings (SSSR count). The third-order valence-electron chi connectivity index (χ3n) is 3.89. The molecule has 130 valence electrons. The Morgan fingerprint density at radius 1 is 1.28 bits per heavy atom. The van der Waals surface area contributed by atoms with Gasteiger partial charge < -0.3 is 10.6 Å². The molecule has 0 spiro atoms. The van der Waals surface area contributed by atoms with E-state index in [2.05, 4.69) is 31.3 Å². The zero-order valence-electron chi connectivity index (χ0n) is 14.6. The number of rotatable bonds is 4. The second kappa shape index (κ2) is 6.71. The maximum Gasteiger partial charge on any atom is 0.319 e. The van der Waals surface area contributed by atoms with Crippen molar-refractivity contribution in [3.8, 4) is 5.69 Å². The summed E-state index contributed by atoms with van der Waals surface area (Å²) in [6, 6.07) is 5.15. The van der Waals surface area contributed by atoms with Crippen molar-refractivity contribution < 1.29 is 4.79 Å². The van der Waals surface area contributed by atoms with E-state index >= 15 is 0 Å². The summed E-state index contributed by atoms with van der Waals surface area (Å²) in [6.45, 7) is 5.69. The Balaban J connectivity index is 1.72. The van der Waals surface area contributed by atoms with Crippen LogP contribution in [0.15, 0.2) is 30.6 Å². The van der Waals surface area contributed by atoms with Gasteiger partial charge in [0, 0.05) is 24.5 Å². The molecule has 9 heteroatoms. The predicted octanol–water partition coefficient (Wildman–Crippen LogP) is 1.90. The van der Waals surface area contributed by atoms with Gasteiger partial charge in [0.2, 0.25) is 0 Å². The van der Waals surface area contributed by atoms with Gasteiger partial charge in [-0.25, -0.2) is 4.79 Å². The van der Waals surface area contributed by atoms with Crippen LogP contribution in [0.2, 0.25) is 0 Å². The first-order chi connectivity index (χ1) is 11.9. The van der Waals surface area contributed by atoms with Crippen LogP contribution < -0.4 is 10.6 Å². The van der Waals surface area contributed by atoms with Crippen molar-refractivity contribution in [1.82, 2.24) is 35.3 Å². The van der Waals surface area contributed by atoms with Crippen LogP contribution in [0.25, 0.3) is 5.69 Å². The molecule has 2 aromatic heterocycles. The highest BCUT2D eigenvalue weighted by Gasteiger charge is 2.13. The lowest BCUT2D eigenvalue weighted by atomic mass is 10.1. The molecule has 3 aromatic rings. The largest absolute Gasteiger partial charge is 0.331 e. The molecule has 0 saturated heterocycles. The van der Waals surface area contributed by atoms with E-state index in [0.29, 0.717) is 11.5 Å². The van der Waals surface area contributed by atoms with Crippen molar-refractivity contribution in [2.75, 3.05) is 5.32 Å². The number of urea groups is 1. The molecule has 0 radical (unpaired) electrons. The van der Waals surface area contributed by atoms with Crippen LogP contribution in [0.5, 0.6) is 0 Å². The fraction of sp³-hybridized carbons (Fsp3) is 0.312. The minimum Gasteiger partial charge on any atom is -0.331 e. The highest BCUT2D eigenvalue weighted by Crippen LogP contribution is 2.19. The first-order valence-electron chi connectivity index (χ1n) is 7.86. The first-order valence-corrected chi connectivity index (χ1v) is 7.86. The fourth-order valence-corrected chi connectivity index (χ4v) is 2.48. The second-order valence-electron chi connectivity index (χ2n) is 5.91. The Morgan fingerprint density at radius 2 is 2.08 bits per heavy atom. The van der Waals surface area contributed by atoms with Crippen LogP contribution in [0.3, 0.4) is 0 Å². The van der Waals surface area contributed by atoms with E-state index in [1.54, 1.807) is 15.6 Å². The number of carbonyl (C=O) groups is 1. The Bertz CT molecular complexity index is 897. The van der Waals surface area contributed by atoms with Crippen LogP contribution in [-0.4, -0.2) is 36.0 Å². The Kier molecular flexibility index (Phi) is 4.46. The van der Waals surface area contributed by atoms with Crippen LogP contribution in [0, 0.1) is 13.8 Å². The molecular formula is C16H20N8O. The Labute approximate surface area is 145 Å². The van der Waals surface area contributed by atoms with Gasteiger partial charge in [-0.1, -0.05) is 6.07 Å². The molecule has 0 unspecified atom stereocenters. The fourth-order valence-electron chi connectivity index (χ4n) is 2.48. The summed E-state index contributed by atoms with van der Waals surface area (Å²) >= 11 is 0. The van der Waals surface area contributed by atoms with Crippen molar-refractivity contribution in [2.45, 2.75) is 26.8 Å². The zero-order valence-corrected chi connectivity index (χ0v) is 14.6. The molecule has 2 heterocycles. The molecule has 2 amide bonds. The predicted molar refractivity (Wildman–Crippen MR) is 92.4 cm³/mol. The summed E-state index contributed by atoms with van der Waals surface area (Å²) < 4.78 is 3.34. The van der Waals surface area contributed by atoms with Gasteiger partial charge in [0.1, 0.15) is 0 Å². The molecule has 25 heavy (non-hydrogen) atoms. The van der Waals surface area contributed by atoms with Crippen LogP contribution in [-0.2, 0) is 7.05 Å². The van der Waals surface area contributed by atoms with Crippen molar-refractivity contribution in [2.24, 2.45) is 7.05 Å². The van der Waals surface area contributed by atoms with Gasteiger partial charge in [-0.15, -0.1) is 5.10 Å².